The second kappa shape index (κ2) is 8.73. The number of fused-ring (bicyclic) bond motifs is 2. The van der Waals surface area contributed by atoms with Gasteiger partial charge in [0.2, 0.25) is 0 Å². The maximum absolute atomic E-state index is 13.3. The van der Waals surface area contributed by atoms with E-state index in [1.807, 2.05) is 65.2 Å². The summed E-state index contributed by atoms with van der Waals surface area (Å²) in [4.78, 5) is 22.8. The first kappa shape index (κ1) is 21.2. The molecule has 3 N–H and O–H groups in total. The predicted molar refractivity (Wildman–Crippen MR) is 133 cm³/mol. The van der Waals surface area contributed by atoms with E-state index in [1.54, 1.807) is 12.1 Å². The van der Waals surface area contributed by atoms with Crippen LogP contribution < -0.4 is 11.1 Å². The van der Waals surface area contributed by atoms with E-state index in [0.717, 1.165) is 16.6 Å². The number of aromatic nitrogens is 3. The van der Waals surface area contributed by atoms with Crippen molar-refractivity contribution in [1.29, 1.82) is 0 Å². The van der Waals surface area contributed by atoms with Crippen molar-refractivity contribution in [2.24, 2.45) is 0 Å². The third-order valence-electron chi connectivity index (χ3n) is 5.44. The minimum Gasteiger partial charge on any atom is -0.384 e. The van der Waals surface area contributed by atoms with Gasteiger partial charge in [-0.15, -0.1) is 0 Å². The number of carbonyl (C=O) groups is 1. The SMILES string of the molecule is Nc1c(C(=O)NCc2ccc(Cl)cc2)c2nc3ccccc3nc2n1Cc1ccc(Cl)cc1. The van der Waals surface area contributed by atoms with Gasteiger partial charge in [0.1, 0.15) is 16.9 Å². The Morgan fingerprint density at radius 2 is 1.42 bits per heavy atom. The van der Waals surface area contributed by atoms with Crippen LogP contribution in [0.3, 0.4) is 0 Å². The lowest BCUT2D eigenvalue weighted by molar-refractivity contribution is 0.0953. The summed E-state index contributed by atoms with van der Waals surface area (Å²) >= 11 is 12.0. The number of nitrogens with zero attached hydrogens (tertiary/aromatic N) is 3. The fraction of sp³-hybridized carbons (Fsp3) is 0.0800. The van der Waals surface area contributed by atoms with E-state index >= 15 is 0 Å². The van der Waals surface area contributed by atoms with E-state index in [4.69, 9.17) is 38.9 Å². The molecule has 0 bridgehead atoms. The second-order valence-electron chi connectivity index (χ2n) is 7.67. The summed E-state index contributed by atoms with van der Waals surface area (Å²) < 4.78 is 1.81. The van der Waals surface area contributed by atoms with Crippen LogP contribution in [0.25, 0.3) is 22.2 Å². The molecule has 33 heavy (non-hydrogen) atoms. The number of para-hydroxylation sites is 2. The number of nitrogens with one attached hydrogen (secondary N) is 1. The van der Waals surface area contributed by atoms with Crippen LogP contribution in [0.1, 0.15) is 21.5 Å². The van der Waals surface area contributed by atoms with Crippen molar-refractivity contribution in [3.63, 3.8) is 0 Å². The largest absolute Gasteiger partial charge is 0.384 e. The minimum absolute atomic E-state index is 0.309. The third-order valence-corrected chi connectivity index (χ3v) is 5.94. The Morgan fingerprint density at radius 1 is 0.848 bits per heavy atom. The number of carbonyl (C=O) groups excluding carboxylic acids is 1. The van der Waals surface area contributed by atoms with Crippen molar-refractivity contribution in [3.8, 4) is 0 Å². The molecule has 6 nitrogen and oxygen atoms in total. The minimum atomic E-state index is -0.313. The lowest BCUT2D eigenvalue weighted by atomic mass is 10.2. The summed E-state index contributed by atoms with van der Waals surface area (Å²) in [5, 5.41) is 4.23. The van der Waals surface area contributed by atoms with Gasteiger partial charge in [-0.2, -0.15) is 0 Å². The van der Waals surface area contributed by atoms with Crippen molar-refractivity contribution in [2.75, 3.05) is 5.73 Å². The normalized spacial score (nSPS) is 11.2. The monoisotopic (exact) mass is 475 g/mol. The van der Waals surface area contributed by atoms with Crippen LogP contribution in [-0.4, -0.2) is 20.4 Å². The Hall–Kier alpha value is -3.61. The maximum atomic E-state index is 13.3. The Labute approximate surface area is 200 Å². The van der Waals surface area contributed by atoms with Gasteiger partial charge >= 0.3 is 0 Å². The molecule has 2 heterocycles. The summed E-state index contributed by atoms with van der Waals surface area (Å²) in [5.41, 5.74) is 11.2. The molecule has 0 spiro atoms. The molecule has 0 aliphatic rings. The van der Waals surface area contributed by atoms with Crippen molar-refractivity contribution >= 4 is 57.1 Å². The Kier molecular flexibility index (Phi) is 5.62. The molecular weight excluding hydrogens is 457 g/mol. The molecule has 0 radical (unpaired) electrons. The molecule has 0 atom stereocenters. The Morgan fingerprint density at radius 3 is 2.06 bits per heavy atom. The number of halogens is 2. The zero-order valence-corrected chi connectivity index (χ0v) is 18.9. The van der Waals surface area contributed by atoms with Crippen LogP contribution in [-0.2, 0) is 13.1 Å². The molecule has 5 rings (SSSR count). The van der Waals surface area contributed by atoms with Crippen molar-refractivity contribution in [3.05, 3.63) is 99.5 Å². The number of benzene rings is 3. The van der Waals surface area contributed by atoms with Crippen LogP contribution in [0.5, 0.6) is 0 Å². The molecule has 3 aromatic carbocycles. The fourth-order valence-corrected chi connectivity index (χ4v) is 4.00. The third kappa shape index (κ3) is 4.23. The van der Waals surface area contributed by atoms with E-state index in [0.29, 0.717) is 51.2 Å². The quantitative estimate of drug-likeness (QED) is 0.353. The molecule has 0 aliphatic heterocycles. The van der Waals surface area contributed by atoms with Crippen LogP contribution in [0.15, 0.2) is 72.8 Å². The fourth-order valence-electron chi connectivity index (χ4n) is 3.75. The molecule has 8 heteroatoms. The number of hydrogen-bond donors (Lipinski definition) is 2. The molecule has 0 saturated carbocycles. The average Bonchev–Trinajstić information content (AvgIpc) is 3.08. The van der Waals surface area contributed by atoms with Gasteiger partial charge < -0.3 is 15.6 Å². The van der Waals surface area contributed by atoms with Crippen LogP contribution >= 0.6 is 23.2 Å². The van der Waals surface area contributed by atoms with Gasteiger partial charge in [-0.1, -0.05) is 59.6 Å². The molecule has 0 saturated heterocycles. The number of rotatable bonds is 5. The van der Waals surface area contributed by atoms with Gasteiger partial charge in [-0.3, -0.25) is 4.79 Å². The van der Waals surface area contributed by atoms with Gasteiger partial charge in [-0.25, -0.2) is 9.97 Å². The summed E-state index contributed by atoms with van der Waals surface area (Å²) in [7, 11) is 0. The summed E-state index contributed by atoms with van der Waals surface area (Å²) in [6.45, 7) is 0.761. The van der Waals surface area contributed by atoms with Crippen LogP contribution in [0, 0.1) is 0 Å². The van der Waals surface area contributed by atoms with Gasteiger partial charge in [0, 0.05) is 16.6 Å². The zero-order valence-electron chi connectivity index (χ0n) is 17.4. The Bertz CT molecular complexity index is 1480. The van der Waals surface area contributed by atoms with E-state index in [1.165, 1.54) is 0 Å². The Balaban J connectivity index is 1.58. The summed E-state index contributed by atoms with van der Waals surface area (Å²) in [6, 6.07) is 22.3. The molecule has 2 aromatic heterocycles. The number of amides is 1. The molecule has 5 aromatic rings. The highest BCUT2D eigenvalue weighted by atomic mass is 35.5. The number of anilines is 1. The lowest BCUT2D eigenvalue weighted by Crippen LogP contribution is -2.24. The van der Waals surface area contributed by atoms with E-state index in [-0.39, 0.29) is 5.91 Å². The smallest absolute Gasteiger partial charge is 0.257 e. The van der Waals surface area contributed by atoms with Crippen molar-refractivity contribution < 1.29 is 4.79 Å². The molecular formula is C25H19Cl2N5O. The molecule has 1 amide bonds. The highest BCUT2D eigenvalue weighted by Crippen LogP contribution is 2.29. The highest BCUT2D eigenvalue weighted by molar-refractivity contribution is 6.30. The van der Waals surface area contributed by atoms with E-state index < -0.39 is 0 Å². The molecule has 0 fully saturated rings. The second-order valence-corrected chi connectivity index (χ2v) is 8.54. The topological polar surface area (TPSA) is 85.8 Å². The van der Waals surface area contributed by atoms with Gasteiger partial charge in [0.25, 0.3) is 5.91 Å². The van der Waals surface area contributed by atoms with E-state index in [2.05, 4.69) is 5.32 Å². The summed E-state index contributed by atoms with van der Waals surface area (Å²) in [6.07, 6.45) is 0. The van der Waals surface area contributed by atoms with Gasteiger partial charge in [0.05, 0.1) is 17.6 Å². The zero-order chi connectivity index (χ0) is 22.9. The standard InChI is InChI=1S/C25H19Cl2N5O/c26-17-9-5-15(6-10-17)13-29-25(33)21-22-24(31-20-4-2-1-3-19(20)30-22)32(23(21)28)14-16-7-11-18(27)12-8-16/h1-12H,13-14,28H2,(H,29,33). The van der Waals surface area contributed by atoms with E-state index in [9.17, 15) is 4.79 Å². The first-order chi connectivity index (χ1) is 16.0. The number of nitrogens with two attached hydrogens (primary N) is 1. The number of nitrogen functional groups attached to an aromatic ring is 1. The molecule has 164 valence electrons. The first-order valence-corrected chi connectivity index (χ1v) is 11.1. The number of hydrogen-bond acceptors (Lipinski definition) is 4. The lowest BCUT2D eigenvalue weighted by Gasteiger charge is -2.09. The summed E-state index contributed by atoms with van der Waals surface area (Å²) in [5.74, 6) is -0.00394. The molecule has 0 aliphatic carbocycles. The highest BCUT2D eigenvalue weighted by Gasteiger charge is 2.24. The van der Waals surface area contributed by atoms with Crippen LogP contribution in [0.4, 0.5) is 5.82 Å². The van der Waals surface area contributed by atoms with Crippen LogP contribution in [0.2, 0.25) is 10.0 Å². The predicted octanol–water partition coefficient (Wildman–Crippen LogP) is 5.45. The van der Waals surface area contributed by atoms with Crippen molar-refractivity contribution in [2.45, 2.75) is 13.1 Å². The van der Waals surface area contributed by atoms with Gasteiger partial charge in [-0.05, 0) is 47.5 Å². The van der Waals surface area contributed by atoms with Gasteiger partial charge in [0.15, 0.2) is 5.65 Å². The first-order valence-electron chi connectivity index (χ1n) is 10.3. The van der Waals surface area contributed by atoms with Crippen molar-refractivity contribution in [1.82, 2.24) is 19.9 Å². The molecule has 0 unspecified atom stereocenters. The average molecular weight is 476 g/mol. The maximum Gasteiger partial charge on any atom is 0.257 e.